The highest BCUT2D eigenvalue weighted by Gasteiger charge is 2.53. The molecule has 2 N–H and O–H groups in total. The van der Waals surface area contributed by atoms with Crippen molar-refractivity contribution in [2.75, 3.05) is 21.2 Å². The Kier molecular flexibility index (Phi) is 21.8. The number of cyclic esters (lactones) is 1. The van der Waals surface area contributed by atoms with Gasteiger partial charge < -0.3 is 62.5 Å². The SMILES string of the molecule is CCC(=O)O[C@H]1C=CC=CC[C@@H](C)OC(=O)C[C@@H](OC(=O)CC)[C@H](OC)[C@@H](O[C@@H]2OC(C)[C@@H](O[C@H]3C[C@](C)(O)[C@@H](OC(=O)CC(C)C)C(C)O3)[C@@H](N(C)C)C2O)[C@@H](CC=O)C[C@H]1C. The summed E-state index contributed by atoms with van der Waals surface area (Å²) >= 11 is 0. The van der Waals surface area contributed by atoms with Crippen LogP contribution in [0.1, 0.15) is 114 Å². The predicted octanol–water partition coefficient (Wildman–Crippen LogP) is 4.36. The highest BCUT2D eigenvalue weighted by Crippen LogP contribution is 2.38. The first-order chi connectivity index (χ1) is 29.6. The Morgan fingerprint density at radius 1 is 0.937 bits per heavy atom. The van der Waals surface area contributed by atoms with Gasteiger partial charge in [-0.25, -0.2) is 0 Å². The van der Waals surface area contributed by atoms with Gasteiger partial charge >= 0.3 is 23.9 Å². The number of hydrogen-bond donors (Lipinski definition) is 2. The molecule has 16 atom stereocenters. The van der Waals surface area contributed by atoms with Crippen molar-refractivity contribution >= 4 is 30.2 Å². The summed E-state index contributed by atoms with van der Waals surface area (Å²) in [5.41, 5.74) is -1.52. The number of hydrogen-bond acceptors (Lipinski definition) is 17. The highest BCUT2D eigenvalue weighted by atomic mass is 16.7. The molecule has 2 fully saturated rings. The summed E-state index contributed by atoms with van der Waals surface area (Å²) in [6, 6.07) is -0.805. The van der Waals surface area contributed by atoms with Crippen molar-refractivity contribution in [2.45, 2.75) is 199 Å². The van der Waals surface area contributed by atoms with Crippen LogP contribution in [0.15, 0.2) is 24.3 Å². The van der Waals surface area contributed by atoms with Gasteiger partial charge in [0.25, 0.3) is 0 Å². The van der Waals surface area contributed by atoms with Crippen LogP contribution < -0.4 is 0 Å². The number of ether oxygens (including phenoxy) is 9. The van der Waals surface area contributed by atoms with E-state index in [1.165, 1.54) is 7.11 Å². The van der Waals surface area contributed by atoms with Crippen LogP contribution in [0.4, 0.5) is 0 Å². The normalized spacial score (nSPS) is 37.3. The van der Waals surface area contributed by atoms with Crippen LogP contribution in [-0.2, 0) is 66.6 Å². The van der Waals surface area contributed by atoms with Crippen molar-refractivity contribution in [3.8, 4) is 0 Å². The quantitative estimate of drug-likeness (QED) is 0.133. The van der Waals surface area contributed by atoms with Gasteiger partial charge in [-0.05, 0) is 72.0 Å². The van der Waals surface area contributed by atoms with E-state index in [0.29, 0.717) is 6.42 Å². The number of aliphatic hydroxyl groups excluding tert-OH is 1. The Bertz CT molecular complexity index is 1530. The number of aldehydes is 1. The summed E-state index contributed by atoms with van der Waals surface area (Å²) in [5.74, 6) is -3.22. The Morgan fingerprint density at radius 2 is 1.60 bits per heavy atom. The number of likely N-dealkylation sites (N-methyl/N-ethyl adjacent to an activating group) is 1. The number of aliphatic hydroxyl groups is 2. The topological polar surface area (TPSA) is 212 Å². The van der Waals surface area contributed by atoms with Crippen molar-refractivity contribution in [3.63, 3.8) is 0 Å². The van der Waals surface area contributed by atoms with E-state index in [9.17, 15) is 34.2 Å². The number of esters is 4. The van der Waals surface area contributed by atoms with E-state index in [1.807, 2.05) is 26.8 Å². The second-order valence-electron chi connectivity index (χ2n) is 18.0. The van der Waals surface area contributed by atoms with Gasteiger partial charge in [-0.1, -0.05) is 52.8 Å². The molecular formula is C46H75NO16. The van der Waals surface area contributed by atoms with Crippen LogP contribution in [0.5, 0.6) is 0 Å². The third kappa shape index (κ3) is 16.0. The fraction of sp³-hybridized carbons (Fsp3) is 0.804. The molecule has 3 aliphatic heterocycles. The lowest BCUT2D eigenvalue weighted by atomic mass is 9.82. The standard InChI is InChI=1S/C46H75NO16/c1-13-34(49)59-32-19-17-15-16-18-28(6)56-37(52)24-33(60-35(50)14-2)43(55-12)42(31(20-21-48)23-27(32)5)63-45-40(53)39(47(10)11)41(29(7)58-45)62-38-25-46(9,54)44(30(8)57-38)61-36(51)22-26(3)4/h15-17,19,21,26-33,38-45,53-54H,13-14,18,20,22-25H2,1-12H3/t27-,28-,29?,30?,31+,32+,33-,38+,39+,40?,41-,42+,43+,44+,45+,46+/m1/s1. The zero-order valence-corrected chi connectivity index (χ0v) is 39.3. The summed E-state index contributed by atoms with van der Waals surface area (Å²) in [6.07, 6.45) is -3.93. The first-order valence-electron chi connectivity index (χ1n) is 22.4. The average Bonchev–Trinajstić information content (AvgIpc) is 3.18. The summed E-state index contributed by atoms with van der Waals surface area (Å²) in [7, 11) is 4.86. The van der Waals surface area contributed by atoms with Gasteiger partial charge in [0, 0.05) is 45.6 Å². The Labute approximate surface area is 373 Å². The molecule has 0 amide bonds. The van der Waals surface area contributed by atoms with Gasteiger partial charge in [0.1, 0.15) is 48.5 Å². The van der Waals surface area contributed by atoms with Crippen LogP contribution in [-0.4, -0.2) is 152 Å². The molecular weight excluding hydrogens is 822 g/mol. The first-order valence-corrected chi connectivity index (χ1v) is 22.4. The monoisotopic (exact) mass is 898 g/mol. The van der Waals surface area contributed by atoms with Crippen LogP contribution in [0.25, 0.3) is 0 Å². The van der Waals surface area contributed by atoms with E-state index in [4.69, 9.17) is 42.6 Å². The molecule has 360 valence electrons. The van der Waals surface area contributed by atoms with Gasteiger partial charge in [0.05, 0.1) is 30.8 Å². The molecule has 2 saturated heterocycles. The number of carbonyl (C=O) groups excluding carboxylic acids is 5. The summed E-state index contributed by atoms with van der Waals surface area (Å²) < 4.78 is 55.1. The lowest BCUT2D eigenvalue weighted by molar-refractivity contribution is -0.344. The highest BCUT2D eigenvalue weighted by molar-refractivity contribution is 5.73. The number of allylic oxidation sites excluding steroid dienone is 2. The van der Waals surface area contributed by atoms with Gasteiger partial charge in [-0.15, -0.1) is 0 Å². The van der Waals surface area contributed by atoms with Crippen molar-refractivity contribution in [1.82, 2.24) is 4.90 Å². The molecule has 0 aromatic carbocycles. The Balaban J connectivity index is 2.05. The van der Waals surface area contributed by atoms with E-state index >= 15 is 0 Å². The molecule has 17 nitrogen and oxygen atoms in total. The number of carbonyl (C=O) groups is 5. The maximum atomic E-state index is 13.4. The molecule has 3 heterocycles. The lowest BCUT2D eigenvalue weighted by Gasteiger charge is -2.50. The molecule has 0 spiro atoms. The lowest BCUT2D eigenvalue weighted by Crippen LogP contribution is -2.66. The van der Waals surface area contributed by atoms with E-state index in [2.05, 4.69) is 0 Å². The van der Waals surface area contributed by atoms with Gasteiger partial charge in [0.2, 0.25) is 0 Å². The second-order valence-corrected chi connectivity index (χ2v) is 18.0. The Hall–Kier alpha value is -3.29. The van der Waals surface area contributed by atoms with Crippen LogP contribution in [0.3, 0.4) is 0 Å². The van der Waals surface area contributed by atoms with Gasteiger partial charge in [-0.2, -0.15) is 0 Å². The van der Waals surface area contributed by atoms with Gasteiger partial charge in [-0.3, -0.25) is 19.2 Å². The molecule has 0 aromatic rings. The number of methoxy groups -OCH3 is 1. The minimum atomic E-state index is -1.52. The zero-order valence-electron chi connectivity index (χ0n) is 39.3. The molecule has 3 rings (SSSR count). The largest absolute Gasteiger partial charge is 0.462 e. The predicted molar refractivity (Wildman–Crippen MR) is 229 cm³/mol. The minimum Gasteiger partial charge on any atom is -0.462 e. The van der Waals surface area contributed by atoms with Gasteiger partial charge in [0.15, 0.2) is 18.7 Å². The molecule has 3 unspecified atom stereocenters. The molecule has 17 heteroatoms. The summed E-state index contributed by atoms with van der Waals surface area (Å²) in [6.45, 7) is 15.7. The van der Waals surface area contributed by atoms with Crippen molar-refractivity contribution in [2.24, 2.45) is 17.8 Å². The minimum absolute atomic E-state index is 0.0168. The average molecular weight is 898 g/mol. The number of nitrogens with zero attached hydrogens (tertiary/aromatic N) is 1. The molecule has 0 aromatic heterocycles. The van der Waals surface area contributed by atoms with E-state index in [1.54, 1.807) is 78.8 Å². The third-order valence-electron chi connectivity index (χ3n) is 11.7. The fourth-order valence-electron chi connectivity index (χ4n) is 8.50. The van der Waals surface area contributed by atoms with Crippen molar-refractivity contribution in [1.29, 1.82) is 0 Å². The smallest absolute Gasteiger partial charge is 0.309 e. The molecule has 63 heavy (non-hydrogen) atoms. The van der Waals surface area contributed by atoms with Crippen LogP contribution in [0, 0.1) is 17.8 Å². The molecule has 0 bridgehead atoms. The maximum Gasteiger partial charge on any atom is 0.309 e. The molecule has 0 aliphatic carbocycles. The summed E-state index contributed by atoms with van der Waals surface area (Å²) in [5, 5.41) is 23.7. The Morgan fingerprint density at radius 3 is 2.19 bits per heavy atom. The van der Waals surface area contributed by atoms with E-state index < -0.39 is 127 Å². The van der Waals surface area contributed by atoms with Crippen molar-refractivity contribution in [3.05, 3.63) is 24.3 Å². The summed E-state index contributed by atoms with van der Waals surface area (Å²) in [4.78, 5) is 65.9. The van der Waals surface area contributed by atoms with Crippen LogP contribution in [0.2, 0.25) is 0 Å². The molecule has 0 saturated carbocycles. The van der Waals surface area contributed by atoms with E-state index in [0.717, 1.165) is 6.29 Å². The zero-order chi connectivity index (χ0) is 47.2. The van der Waals surface area contributed by atoms with Crippen LogP contribution >= 0.6 is 0 Å². The molecule has 3 aliphatic rings. The first kappa shape index (κ1) is 54.0. The fourth-order valence-corrected chi connectivity index (χ4v) is 8.50. The number of rotatable bonds is 15. The van der Waals surface area contributed by atoms with E-state index in [-0.39, 0.29) is 44.4 Å². The molecule has 0 radical (unpaired) electrons. The second kappa shape index (κ2) is 25.4. The maximum absolute atomic E-state index is 13.4. The third-order valence-corrected chi connectivity index (χ3v) is 11.7. The van der Waals surface area contributed by atoms with Crippen molar-refractivity contribution < 1.29 is 76.8 Å².